The smallest absolute Gasteiger partial charge is 0.341 e. The second-order valence-electron chi connectivity index (χ2n) is 7.36. The Morgan fingerprint density at radius 3 is 2.44 bits per heavy atom. The van der Waals surface area contributed by atoms with Crippen LogP contribution in [-0.2, 0) is 19.1 Å². The number of anilines is 1. The van der Waals surface area contributed by atoms with Gasteiger partial charge in [-0.05, 0) is 32.9 Å². The van der Waals surface area contributed by atoms with Gasteiger partial charge in [0.2, 0.25) is 11.8 Å². The minimum absolute atomic E-state index is 0.00548. The Hall–Kier alpha value is -2.75. The molecule has 2 rings (SSSR count). The van der Waals surface area contributed by atoms with Crippen LogP contribution in [0.5, 0.6) is 0 Å². The molecule has 0 atom stereocenters. The molecule has 0 aliphatic carbocycles. The van der Waals surface area contributed by atoms with Crippen molar-refractivity contribution < 1.29 is 23.9 Å². The summed E-state index contributed by atoms with van der Waals surface area (Å²) in [6, 6.07) is 7.81. The molecule has 0 fully saturated rings. The molecule has 8 nitrogen and oxygen atoms in total. The number of aryl methyl sites for hydroxylation is 1. The number of carbonyl (C=O) groups is 3. The van der Waals surface area contributed by atoms with E-state index in [0.717, 1.165) is 17.5 Å². The van der Waals surface area contributed by atoms with E-state index in [2.05, 4.69) is 10.6 Å². The molecular formula is C23H31N3O5S. The molecular weight excluding hydrogens is 430 g/mol. The number of ether oxygens (including phenoxy) is 2. The normalized spacial score (nSPS) is 10.8. The molecule has 1 aromatic carbocycles. The zero-order chi connectivity index (χ0) is 23.5. The average molecular weight is 462 g/mol. The number of hydrogen-bond donors (Lipinski definition) is 2. The van der Waals surface area contributed by atoms with E-state index in [1.165, 1.54) is 11.3 Å². The van der Waals surface area contributed by atoms with E-state index < -0.39 is 5.97 Å². The van der Waals surface area contributed by atoms with Crippen molar-refractivity contribution in [2.45, 2.75) is 20.3 Å². The van der Waals surface area contributed by atoms with Gasteiger partial charge in [0.05, 0.1) is 19.7 Å². The highest BCUT2D eigenvalue weighted by Gasteiger charge is 2.23. The maximum atomic E-state index is 12.6. The summed E-state index contributed by atoms with van der Waals surface area (Å²) in [5.41, 5.74) is 3.04. The second kappa shape index (κ2) is 12.9. The molecule has 2 amide bonds. The predicted octanol–water partition coefficient (Wildman–Crippen LogP) is 2.92. The number of methoxy groups -OCH3 is 1. The predicted molar refractivity (Wildman–Crippen MR) is 126 cm³/mol. The zero-order valence-electron chi connectivity index (χ0n) is 19.0. The van der Waals surface area contributed by atoms with Gasteiger partial charge in [0.15, 0.2) is 0 Å². The maximum Gasteiger partial charge on any atom is 0.341 e. The first-order valence-corrected chi connectivity index (χ1v) is 11.3. The van der Waals surface area contributed by atoms with Crippen molar-refractivity contribution >= 4 is 34.1 Å². The van der Waals surface area contributed by atoms with Crippen molar-refractivity contribution in [3.63, 3.8) is 0 Å². The van der Waals surface area contributed by atoms with Gasteiger partial charge in [-0.3, -0.25) is 14.5 Å². The molecule has 0 spiro atoms. The Morgan fingerprint density at radius 1 is 1.09 bits per heavy atom. The Balaban J connectivity index is 2.04. The first-order chi connectivity index (χ1) is 15.3. The van der Waals surface area contributed by atoms with Crippen LogP contribution in [0.4, 0.5) is 5.00 Å². The Kier molecular flexibility index (Phi) is 10.3. The van der Waals surface area contributed by atoms with Crippen molar-refractivity contribution in [3.8, 4) is 11.1 Å². The average Bonchev–Trinajstić information content (AvgIpc) is 3.15. The number of carbonyl (C=O) groups excluding carboxylic acids is 3. The number of rotatable bonds is 12. The molecule has 0 aliphatic rings. The summed E-state index contributed by atoms with van der Waals surface area (Å²) in [4.78, 5) is 38.8. The second-order valence-corrected chi connectivity index (χ2v) is 8.24. The lowest BCUT2D eigenvalue weighted by atomic mass is 10.0. The molecule has 0 saturated carbocycles. The van der Waals surface area contributed by atoms with Crippen molar-refractivity contribution in [1.29, 1.82) is 0 Å². The highest BCUT2D eigenvalue weighted by molar-refractivity contribution is 7.15. The fourth-order valence-corrected chi connectivity index (χ4v) is 3.99. The van der Waals surface area contributed by atoms with Crippen LogP contribution in [0.15, 0.2) is 29.6 Å². The summed E-state index contributed by atoms with van der Waals surface area (Å²) in [7, 11) is 3.30. The maximum absolute atomic E-state index is 12.6. The molecule has 2 aromatic rings. The summed E-state index contributed by atoms with van der Waals surface area (Å²) in [5.74, 6) is -0.965. The lowest BCUT2D eigenvalue weighted by molar-refractivity contribution is -0.123. The fourth-order valence-electron chi connectivity index (χ4n) is 3.01. The number of esters is 1. The van der Waals surface area contributed by atoms with Gasteiger partial charge in [-0.1, -0.05) is 29.8 Å². The van der Waals surface area contributed by atoms with E-state index in [4.69, 9.17) is 9.47 Å². The van der Waals surface area contributed by atoms with Gasteiger partial charge in [0, 0.05) is 31.2 Å². The highest BCUT2D eigenvalue weighted by atomic mass is 32.1. The molecule has 1 aromatic heterocycles. The zero-order valence-corrected chi connectivity index (χ0v) is 19.8. The number of benzene rings is 1. The fraction of sp³-hybridized carbons (Fsp3) is 0.435. The van der Waals surface area contributed by atoms with Crippen LogP contribution in [0.1, 0.15) is 29.3 Å². The molecule has 0 radical (unpaired) electrons. The summed E-state index contributed by atoms with van der Waals surface area (Å²) < 4.78 is 10.2. The highest BCUT2D eigenvalue weighted by Crippen LogP contribution is 2.36. The number of likely N-dealkylation sites (N-methyl/N-ethyl adjacent to an activating group) is 1. The van der Waals surface area contributed by atoms with Crippen molar-refractivity contribution in [3.05, 3.63) is 40.8 Å². The van der Waals surface area contributed by atoms with Gasteiger partial charge in [0.25, 0.3) is 0 Å². The topological polar surface area (TPSA) is 97.0 Å². The molecule has 9 heteroatoms. The van der Waals surface area contributed by atoms with Gasteiger partial charge in [-0.2, -0.15) is 0 Å². The number of nitrogens with one attached hydrogen (secondary N) is 2. The van der Waals surface area contributed by atoms with Gasteiger partial charge >= 0.3 is 5.97 Å². The van der Waals surface area contributed by atoms with Crippen LogP contribution in [0.25, 0.3) is 11.1 Å². The lowest BCUT2D eigenvalue weighted by Crippen LogP contribution is -2.39. The van der Waals surface area contributed by atoms with Crippen LogP contribution in [-0.4, -0.2) is 69.7 Å². The molecule has 32 heavy (non-hydrogen) atoms. The molecule has 2 N–H and O–H groups in total. The summed E-state index contributed by atoms with van der Waals surface area (Å²) in [6.45, 7) is 5.15. The van der Waals surface area contributed by atoms with Crippen LogP contribution in [0.3, 0.4) is 0 Å². The van der Waals surface area contributed by atoms with Gasteiger partial charge in [0.1, 0.15) is 10.6 Å². The number of amides is 2. The quantitative estimate of drug-likeness (QED) is 0.373. The first-order valence-electron chi connectivity index (χ1n) is 10.4. The molecule has 174 valence electrons. The van der Waals surface area contributed by atoms with Gasteiger partial charge < -0.3 is 20.1 Å². The molecule has 0 bridgehead atoms. The molecule has 0 unspecified atom stereocenters. The van der Waals surface area contributed by atoms with E-state index in [-0.39, 0.29) is 31.5 Å². The Bertz CT molecular complexity index is 911. The molecule has 0 aliphatic heterocycles. The van der Waals surface area contributed by atoms with E-state index in [9.17, 15) is 14.4 Å². The lowest BCUT2D eigenvalue weighted by Gasteiger charge is -2.16. The third kappa shape index (κ3) is 7.74. The largest absolute Gasteiger partial charge is 0.462 e. The van der Waals surface area contributed by atoms with E-state index in [1.807, 2.05) is 36.6 Å². The summed E-state index contributed by atoms with van der Waals surface area (Å²) >= 11 is 1.27. The summed E-state index contributed by atoms with van der Waals surface area (Å²) in [6.07, 6.45) is 0.727. The minimum atomic E-state index is -0.483. The van der Waals surface area contributed by atoms with Crippen LogP contribution in [0, 0.1) is 6.92 Å². The minimum Gasteiger partial charge on any atom is -0.462 e. The third-order valence-electron chi connectivity index (χ3n) is 4.56. The molecule has 0 saturated heterocycles. The van der Waals surface area contributed by atoms with Gasteiger partial charge in [-0.15, -0.1) is 11.3 Å². The van der Waals surface area contributed by atoms with E-state index >= 15 is 0 Å². The van der Waals surface area contributed by atoms with Crippen molar-refractivity contribution in [1.82, 2.24) is 10.2 Å². The van der Waals surface area contributed by atoms with Crippen molar-refractivity contribution in [2.75, 3.05) is 52.3 Å². The first kappa shape index (κ1) is 25.5. The monoisotopic (exact) mass is 461 g/mol. The number of nitrogens with zero attached hydrogens (tertiary/aromatic N) is 1. The van der Waals surface area contributed by atoms with Gasteiger partial charge in [-0.25, -0.2) is 4.79 Å². The van der Waals surface area contributed by atoms with Crippen LogP contribution < -0.4 is 10.6 Å². The van der Waals surface area contributed by atoms with Crippen LogP contribution >= 0.6 is 11.3 Å². The van der Waals surface area contributed by atoms with Crippen molar-refractivity contribution in [2.24, 2.45) is 0 Å². The number of thiophene rings is 1. The Labute approximate surface area is 192 Å². The number of hydrogen-bond acceptors (Lipinski definition) is 7. The summed E-state index contributed by atoms with van der Waals surface area (Å²) in [5, 5.41) is 7.86. The van der Waals surface area contributed by atoms with E-state index in [0.29, 0.717) is 29.3 Å². The SMILES string of the molecule is CCOC(=O)c1c(-c2ccc(C)cc2)csc1NC(=O)CN(C)CC(=O)NCCCOC. The Morgan fingerprint density at radius 2 is 1.78 bits per heavy atom. The standard InChI is InChI=1S/C23H31N3O5S/c1-5-31-23(29)21-18(17-9-7-16(2)8-10-17)15-32-22(21)25-20(28)14-26(3)13-19(27)24-11-6-12-30-4/h7-10,15H,5-6,11-14H2,1-4H3,(H,24,27)(H,25,28). The molecule has 1 heterocycles. The van der Waals surface area contributed by atoms with Crippen LogP contribution in [0.2, 0.25) is 0 Å². The van der Waals surface area contributed by atoms with E-state index in [1.54, 1.807) is 26.0 Å². The third-order valence-corrected chi connectivity index (χ3v) is 5.46.